The smallest absolute Gasteiger partial charge is 0.169 e. The molecule has 6 aromatic rings. The third kappa shape index (κ3) is 9.04. The van der Waals surface area contributed by atoms with Crippen molar-refractivity contribution in [3.8, 4) is 22.3 Å². The molecule has 0 N–H and O–H groups in total. The number of pyridine rings is 4. The van der Waals surface area contributed by atoms with E-state index in [-0.39, 0.29) is 0 Å². The molecule has 0 atom stereocenters. The average Bonchev–Trinajstić information content (AvgIpc) is 3.11. The average molecular weight is 607 g/mol. The zero-order valence-electron chi connectivity index (χ0n) is 27.0. The summed E-state index contributed by atoms with van der Waals surface area (Å²) in [6.07, 6.45) is 22.2. The molecule has 0 aliphatic rings. The molecule has 0 unspecified atom stereocenters. The van der Waals surface area contributed by atoms with Crippen molar-refractivity contribution in [3.05, 3.63) is 170 Å². The van der Waals surface area contributed by atoms with Gasteiger partial charge in [0.15, 0.2) is 62.7 Å². The molecule has 0 saturated carbocycles. The van der Waals surface area contributed by atoms with Gasteiger partial charge in [0.05, 0.1) is 5.92 Å². The van der Waals surface area contributed by atoms with Crippen LogP contribution in [0.1, 0.15) is 30.9 Å². The van der Waals surface area contributed by atoms with Crippen LogP contribution in [-0.2, 0) is 39.0 Å². The second-order valence-corrected chi connectivity index (χ2v) is 12.5. The minimum Gasteiger partial charge on any atom is -0.205 e. The first-order chi connectivity index (χ1) is 22.7. The summed E-state index contributed by atoms with van der Waals surface area (Å²) < 4.78 is 9.17. The number of benzene rings is 2. The molecule has 0 fully saturated rings. The van der Waals surface area contributed by atoms with E-state index >= 15 is 0 Å². The van der Waals surface area contributed by atoms with E-state index in [2.05, 4.69) is 184 Å². The molecule has 0 aliphatic carbocycles. The Morgan fingerprint density at radius 1 is 0.391 bits per heavy atom. The SMILES string of the molecule is CC(C[n+]1ccc(-c2cc[n+](CCCc3ccccc3)cc2)cc1)C[n+]1ccc(-c2cc[n+](CCCc3ccccc3)cc2)cc1. The number of aromatic nitrogens is 4. The zero-order valence-corrected chi connectivity index (χ0v) is 27.0. The molecular formula is C42H46N4+4. The molecule has 0 amide bonds. The highest BCUT2D eigenvalue weighted by atomic mass is 15.0. The van der Waals surface area contributed by atoms with Gasteiger partial charge in [-0.05, 0) is 46.2 Å². The Labute approximate surface area is 274 Å². The predicted molar refractivity (Wildman–Crippen MR) is 183 cm³/mol. The first-order valence-electron chi connectivity index (χ1n) is 16.7. The summed E-state index contributed by atoms with van der Waals surface area (Å²) in [5, 5.41) is 0. The summed E-state index contributed by atoms with van der Waals surface area (Å²) in [6.45, 7) is 6.35. The van der Waals surface area contributed by atoms with Gasteiger partial charge in [0.25, 0.3) is 0 Å². The molecule has 0 saturated heterocycles. The highest BCUT2D eigenvalue weighted by molar-refractivity contribution is 5.61. The Balaban J connectivity index is 0.948. The molecule has 0 spiro atoms. The minimum absolute atomic E-state index is 0.504. The third-order valence-corrected chi connectivity index (χ3v) is 8.73. The van der Waals surface area contributed by atoms with Crippen LogP contribution in [-0.4, -0.2) is 0 Å². The van der Waals surface area contributed by atoms with Crippen LogP contribution in [0.3, 0.4) is 0 Å². The Morgan fingerprint density at radius 2 is 0.696 bits per heavy atom. The van der Waals surface area contributed by atoms with Crippen molar-refractivity contribution >= 4 is 0 Å². The number of aryl methyl sites for hydroxylation is 4. The second kappa shape index (κ2) is 15.9. The molecule has 46 heavy (non-hydrogen) atoms. The number of hydrogen-bond donors (Lipinski definition) is 0. The van der Waals surface area contributed by atoms with Gasteiger partial charge < -0.3 is 0 Å². The molecular weight excluding hydrogens is 560 g/mol. The van der Waals surface area contributed by atoms with Gasteiger partial charge in [0.1, 0.15) is 13.1 Å². The summed E-state index contributed by atoms with van der Waals surface area (Å²) in [5.74, 6) is 0.504. The molecule has 4 heteroatoms. The fourth-order valence-electron chi connectivity index (χ4n) is 6.14. The van der Waals surface area contributed by atoms with E-state index in [1.54, 1.807) is 0 Å². The molecule has 4 heterocycles. The van der Waals surface area contributed by atoms with Crippen molar-refractivity contribution in [3.63, 3.8) is 0 Å². The lowest BCUT2D eigenvalue weighted by Gasteiger charge is -2.07. The summed E-state index contributed by atoms with van der Waals surface area (Å²) >= 11 is 0. The molecule has 6 rings (SSSR count). The fraction of sp³-hybridized carbons (Fsp3) is 0.238. The van der Waals surface area contributed by atoms with Crippen LogP contribution in [0.15, 0.2) is 159 Å². The lowest BCUT2D eigenvalue weighted by molar-refractivity contribution is -0.736. The van der Waals surface area contributed by atoms with Gasteiger partial charge in [-0.3, -0.25) is 0 Å². The van der Waals surface area contributed by atoms with E-state index in [4.69, 9.17) is 0 Å². The van der Waals surface area contributed by atoms with E-state index in [9.17, 15) is 0 Å². The summed E-state index contributed by atoms with van der Waals surface area (Å²) in [6, 6.07) is 39.3. The van der Waals surface area contributed by atoms with Gasteiger partial charge >= 0.3 is 0 Å². The number of nitrogens with zero attached hydrogens (tertiary/aromatic N) is 4. The maximum absolute atomic E-state index is 2.32. The topological polar surface area (TPSA) is 15.5 Å². The molecule has 230 valence electrons. The molecule has 2 aromatic carbocycles. The van der Waals surface area contributed by atoms with Gasteiger partial charge in [-0.2, -0.15) is 0 Å². The lowest BCUT2D eigenvalue weighted by Crippen LogP contribution is -2.43. The Morgan fingerprint density at radius 3 is 1.02 bits per heavy atom. The first kappa shape index (κ1) is 31.0. The van der Waals surface area contributed by atoms with Gasteiger partial charge in [-0.25, -0.2) is 18.3 Å². The van der Waals surface area contributed by atoms with E-state index in [0.29, 0.717) is 5.92 Å². The molecule has 0 radical (unpaired) electrons. The second-order valence-electron chi connectivity index (χ2n) is 12.5. The van der Waals surface area contributed by atoms with E-state index in [1.807, 2.05) is 0 Å². The summed E-state index contributed by atoms with van der Waals surface area (Å²) in [5.41, 5.74) is 7.83. The maximum Gasteiger partial charge on any atom is 0.169 e. The van der Waals surface area contributed by atoms with Crippen molar-refractivity contribution < 1.29 is 18.3 Å². The summed E-state index contributed by atoms with van der Waals surface area (Å²) in [4.78, 5) is 0. The third-order valence-electron chi connectivity index (χ3n) is 8.73. The zero-order chi connectivity index (χ0) is 31.4. The Bertz CT molecular complexity index is 1610. The van der Waals surface area contributed by atoms with Gasteiger partial charge in [0.2, 0.25) is 0 Å². The van der Waals surface area contributed by atoms with E-state index in [0.717, 1.165) is 51.9 Å². The molecule has 4 aromatic heterocycles. The van der Waals surface area contributed by atoms with Crippen LogP contribution < -0.4 is 18.3 Å². The standard InChI is InChI=1S/C42H46N4/c1-36(34-45-30-20-41(21-31-45)39-16-26-43(27-17-39)24-8-14-37-10-4-2-5-11-37)35-46-32-22-42(23-33-46)40-18-28-44(29-19-40)25-9-15-38-12-6-3-7-13-38/h2-7,10-13,16-23,26-33,36H,8-9,14-15,24-25,34-35H2,1H3/q+4. The van der Waals surface area contributed by atoms with Crippen molar-refractivity contribution in [2.75, 3.05) is 0 Å². The van der Waals surface area contributed by atoms with Crippen LogP contribution in [0.4, 0.5) is 0 Å². The van der Waals surface area contributed by atoms with Crippen LogP contribution in [0.5, 0.6) is 0 Å². The molecule has 4 nitrogen and oxygen atoms in total. The maximum atomic E-state index is 2.32. The highest BCUT2D eigenvalue weighted by Gasteiger charge is 2.15. The van der Waals surface area contributed by atoms with Crippen LogP contribution in [0, 0.1) is 5.92 Å². The van der Waals surface area contributed by atoms with Crippen LogP contribution in [0.25, 0.3) is 22.3 Å². The van der Waals surface area contributed by atoms with Gasteiger partial charge in [-0.1, -0.05) is 67.6 Å². The highest BCUT2D eigenvalue weighted by Crippen LogP contribution is 2.17. The van der Waals surface area contributed by atoms with Crippen molar-refractivity contribution in [2.45, 2.75) is 58.8 Å². The largest absolute Gasteiger partial charge is 0.205 e. The van der Waals surface area contributed by atoms with Crippen molar-refractivity contribution in [1.29, 1.82) is 0 Å². The monoisotopic (exact) mass is 606 g/mol. The normalized spacial score (nSPS) is 11.2. The van der Waals surface area contributed by atoms with Crippen LogP contribution in [0.2, 0.25) is 0 Å². The van der Waals surface area contributed by atoms with Crippen molar-refractivity contribution in [1.82, 2.24) is 0 Å². The first-order valence-corrected chi connectivity index (χ1v) is 16.7. The Kier molecular flexibility index (Phi) is 10.7. The molecule has 0 aliphatic heterocycles. The lowest BCUT2D eigenvalue weighted by atomic mass is 10.1. The summed E-state index contributed by atoms with van der Waals surface area (Å²) in [7, 11) is 0. The predicted octanol–water partition coefficient (Wildman–Crippen LogP) is 6.77. The van der Waals surface area contributed by atoms with Gasteiger partial charge in [-0.15, -0.1) is 0 Å². The number of rotatable bonds is 14. The minimum atomic E-state index is 0.504. The quantitative estimate of drug-likeness (QED) is 0.122. The van der Waals surface area contributed by atoms with Crippen LogP contribution >= 0.6 is 0 Å². The van der Waals surface area contributed by atoms with E-state index < -0.39 is 0 Å². The molecule has 0 bridgehead atoms. The Hall–Kier alpha value is -4.96. The number of hydrogen-bond acceptors (Lipinski definition) is 0. The van der Waals surface area contributed by atoms with Crippen molar-refractivity contribution in [2.24, 2.45) is 5.92 Å². The van der Waals surface area contributed by atoms with Gasteiger partial charge in [0, 0.05) is 61.4 Å². The van der Waals surface area contributed by atoms with E-state index in [1.165, 1.54) is 33.4 Å². The fourth-order valence-corrected chi connectivity index (χ4v) is 6.14.